The zero-order chi connectivity index (χ0) is 12.4. The number of rotatable bonds is 2. The van der Waals surface area contributed by atoms with E-state index in [9.17, 15) is 9.59 Å². The molecule has 2 rings (SSSR count). The maximum absolute atomic E-state index is 11.9. The van der Waals surface area contributed by atoms with Gasteiger partial charge in [0.25, 0.3) is 0 Å². The molecule has 0 atom stereocenters. The third kappa shape index (κ3) is 2.44. The van der Waals surface area contributed by atoms with Crippen LogP contribution in [-0.2, 0) is 9.59 Å². The zero-order valence-electron chi connectivity index (χ0n) is 9.48. The van der Waals surface area contributed by atoms with Crippen molar-refractivity contribution >= 4 is 29.3 Å². The van der Waals surface area contributed by atoms with Crippen molar-refractivity contribution in [1.29, 1.82) is 0 Å². The number of amides is 2. The van der Waals surface area contributed by atoms with Gasteiger partial charge in [-0.25, -0.2) is 0 Å². The highest BCUT2D eigenvalue weighted by molar-refractivity contribution is 6.27. The molecule has 92 valence electrons. The van der Waals surface area contributed by atoms with E-state index in [-0.39, 0.29) is 24.2 Å². The van der Waals surface area contributed by atoms with Crippen LogP contribution in [0.25, 0.3) is 0 Å². The van der Waals surface area contributed by atoms with Crippen LogP contribution in [0.3, 0.4) is 0 Å². The second kappa shape index (κ2) is 4.79. The monoisotopic (exact) mass is 256 g/mol. The standard InChI is InChI=1S/C11H13ClN2O3/c1-8-2-3-11(17-8)14-5-4-13(7-10(14)16)9(15)6-12/h2-3H,4-7H2,1H3. The van der Waals surface area contributed by atoms with Crippen LogP contribution in [0.1, 0.15) is 5.76 Å². The maximum atomic E-state index is 11.9. The molecule has 1 saturated heterocycles. The number of halogens is 1. The molecule has 1 aromatic heterocycles. The van der Waals surface area contributed by atoms with Gasteiger partial charge in [-0.05, 0) is 13.0 Å². The molecule has 1 fully saturated rings. The Morgan fingerprint density at radius 3 is 2.76 bits per heavy atom. The lowest BCUT2D eigenvalue weighted by molar-refractivity contribution is -0.134. The molecule has 5 nitrogen and oxygen atoms in total. The summed E-state index contributed by atoms with van der Waals surface area (Å²) in [5, 5.41) is 0. The first kappa shape index (κ1) is 12.0. The molecule has 1 aliphatic heterocycles. The maximum Gasteiger partial charge on any atom is 0.248 e. The van der Waals surface area contributed by atoms with Gasteiger partial charge < -0.3 is 9.32 Å². The van der Waals surface area contributed by atoms with Crippen LogP contribution in [0.5, 0.6) is 0 Å². The van der Waals surface area contributed by atoms with Gasteiger partial charge in [-0.2, -0.15) is 0 Å². The van der Waals surface area contributed by atoms with Crippen molar-refractivity contribution in [3.05, 3.63) is 17.9 Å². The molecule has 2 heterocycles. The van der Waals surface area contributed by atoms with E-state index in [1.54, 1.807) is 17.0 Å². The fourth-order valence-corrected chi connectivity index (χ4v) is 1.94. The Balaban J connectivity index is 2.06. The summed E-state index contributed by atoms with van der Waals surface area (Å²) in [6.07, 6.45) is 0. The first-order valence-corrected chi connectivity index (χ1v) is 5.86. The smallest absolute Gasteiger partial charge is 0.248 e. The zero-order valence-corrected chi connectivity index (χ0v) is 10.2. The van der Waals surface area contributed by atoms with Crippen molar-refractivity contribution in [2.45, 2.75) is 6.92 Å². The van der Waals surface area contributed by atoms with Crippen LogP contribution in [0, 0.1) is 6.92 Å². The van der Waals surface area contributed by atoms with Crippen LogP contribution in [0.2, 0.25) is 0 Å². The normalized spacial score (nSPS) is 16.5. The highest BCUT2D eigenvalue weighted by Gasteiger charge is 2.28. The SMILES string of the molecule is Cc1ccc(N2CCN(C(=O)CCl)CC2=O)o1. The fourth-order valence-electron chi connectivity index (χ4n) is 1.77. The number of carbonyl (C=O) groups excluding carboxylic acids is 2. The highest BCUT2D eigenvalue weighted by atomic mass is 35.5. The van der Waals surface area contributed by atoms with Gasteiger partial charge in [-0.1, -0.05) is 0 Å². The topological polar surface area (TPSA) is 53.8 Å². The molecule has 0 aliphatic carbocycles. The largest absolute Gasteiger partial charge is 0.445 e. The predicted molar refractivity (Wildman–Crippen MR) is 63.1 cm³/mol. The average Bonchev–Trinajstić information content (AvgIpc) is 2.74. The Kier molecular flexibility index (Phi) is 3.38. The van der Waals surface area contributed by atoms with Crippen molar-refractivity contribution < 1.29 is 14.0 Å². The van der Waals surface area contributed by atoms with Gasteiger partial charge >= 0.3 is 0 Å². The molecule has 0 N–H and O–H groups in total. The summed E-state index contributed by atoms with van der Waals surface area (Å²) < 4.78 is 5.39. The highest BCUT2D eigenvalue weighted by Crippen LogP contribution is 2.20. The van der Waals surface area contributed by atoms with E-state index in [0.717, 1.165) is 5.76 Å². The number of carbonyl (C=O) groups is 2. The number of alkyl halides is 1. The van der Waals surface area contributed by atoms with Gasteiger partial charge in [0.2, 0.25) is 17.7 Å². The number of hydrogen-bond acceptors (Lipinski definition) is 3. The van der Waals surface area contributed by atoms with Crippen molar-refractivity contribution in [2.75, 3.05) is 30.4 Å². The number of furan rings is 1. The predicted octanol–water partition coefficient (Wildman–Crippen LogP) is 1.00. The minimum atomic E-state index is -0.213. The van der Waals surface area contributed by atoms with E-state index in [4.69, 9.17) is 16.0 Å². The number of piperazine rings is 1. The van der Waals surface area contributed by atoms with Crippen LogP contribution in [0.15, 0.2) is 16.5 Å². The van der Waals surface area contributed by atoms with E-state index in [1.807, 2.05) is 6.92 Å². The molecule has 1 aromatic rings. The van der Waals surface area contributed by atoms with Crippen LogP contribution >= 0.6 is 11.6 Å². The Bertz CT molecular complexity index is 444. The van der Waals surface area contributed by atoms with Crippen molar-refractivity contribution in [2.24, 2.45) is 0 Å². The van der Waals surface area contributed by atoms with Crippen LogP contribution in [0.4, 0.5) is 5.88 Å². The second-order valence-electron chi connectivity index (χ2n) is 3.88. The van der Waals surface area contributed by atoms with Crippen LogP contribution < -0.4 is 4.90 Å². The summed E-state index contributed by atoms with van der Waals surface area (Å²) in [4.78, 5) is 26.2. The van der Waals surface area contributed by atoms with Gasteiger partial charge in [0, 0.05) is 19.2 Å². The van der Waals surface area contributed by atoms with E-state index < -0.39 is 0 Å². The fraction of sp³-hybridized carbons (Fsp3) is 0.455. The molecular weight excluding hydrogens is 244 g/mol. The molecule has 0 unspecified atom stereocenters. The lowest BCUT2D eigenvalue weighted by atomic mass is 10.3. The third-order valence-electron chi connectivity index (χ3n) is 2.68. The molecule has 1 aliphatic rings. The van der Waals surface area contributed by atoms with Crippen molar-refractivity contribution in [1.82, 2.24) is 4.90 Å². The lowest BCUT2D eigenvalue weighted by Crippen LogP contribution is -2.52. The summed E-state index contributed by atoms with van der Waals surface area (Å²) in [6.45, 7) is 2.80. The summed E-state index contributed by atoms with van der Waals surface area (Å²) in [5.41, 5.74) is 0. The lowest BCUT2D eigenvalue weighted by Gasteiger charge is -2.32. The van der Waals surface area contributed by atoms with E-state index in [0.29, 0.717) is 19.0 Å². The summed E-state index contributed by atoms with van der Waals surface area (Å²) in [6, 6.07) is 3.56. The van der Waals surface area contributed by atoms with Crippen molar-refractivity contribution in [3.63, 3.8) is 0 Å². The number of hydrogen-bond donors (Lipinski definition) is 0. The number of anilines is 1. The van der Waals surface area contributed by atoms with Gasteiger partial charge in [0.05, 0.1) is 0 Å². The van der Waals surface area contributed by atoms with Crippen LogP contribution in [-0.4, -0.2) is 42.2 Å². The first-order valence-electron chi connectivity index (χ1n) is 5.32. The first-order chi connectivity index (χ1) is 8.11. The summed E-state index contributed by atoms with van der Waals surface area (Å²) in [5.74, 6) is 0.838. The second-order valence-corrected chi connectivity index (χ2v) is 4.15. The van der Waals surface area contributed by atoms with Crippen molar-refractivity contribution in [3.8, 4) is 0 Å². The molecule has 0 saturated carbocycles. The van der Waals surface area contributed by atoms with E-state index >= 15 is 0 Å². The molecule has 2 amide bonds. The van der Waals surface area contributed by atoms with Gasteiger partial charge in [0.15, 0.2) is 0 Å². The van der Waals surface area contributed by atoms with Gasteiger partial charge in [0.1, 0.15) is 18.2 Å². The number of nitrogens with zero attached hydrogens (tertiary/aromatic N) is 2. The quantitative estimate of drug-likeness (QED) is 0.742. The molecule has 0 aromatic carbocycles. The third-order valence-corrected chi connectivity index (χ3v) is 2.91. The molecule has 0 bridgehead atoms. The molecular formula is C11H13ClN2O3. The molecule has 6 heteroatoms. The van der Waals surface area contributed by atoms with Gasteiger partial charge in [-0.15, -0.1) is 11.6 Å². The Morgan fingerprint density at radius 2 is 2.24 bits per heavy atom. The van der Waals surface area contributed by atoms with E-state index in [2.05, 4.69) is 0 Å². The number of aryl methyl sites for hydroxylation is 1. The van der Waals surface area contributed by atoms with Gasteiger partial charge in [-0.3, -0.25) is 14.5 Å². The Labute approximate surface area is 104 Å². The molecule has 0 spiro atoms. The molecule has 0 radical (unpaired) electrons. The summed E-state index contributed by atoms with van der Waals surface area (Å²) in [7, 11) is 0. The molecule has 17 heavy (non-hydrogen) atoms. The Hall–Kier alpha value is -1.49. The van der Waals surface area contributed by atoms with E-state index in [1.165, 1.54) is 4.90 Å². The Morgan fingerprint density at radius 1 is 1.47 bits per heavy atom. The minimum Gasteiger partial charge on any atom is -0.445 e. The average molecular weight is 257 g/mol. The summed E-state index contributed by atoms with van der Waals surface area (Å²) >= 11 is 5.46. The minimum absolute atomic E-state index is 0.0608.